The molecule has 1 rings (SSSR count). The molecule has 3 nitrogen and oxygen atoms in total. The minimum atomic E-state index is -4.40. The van der Waals surface area contributed by atoms with Crippen LogP contribution in [0.25, 0.3) is 0 Å². The zero-order valence-electron chi connectivity index (χ0n) is 6.04. The number of aliphatic hydroxyl groups excluding tert-OH is 1. The molecule has 0 spiro atoms. The Labute approximate surface area is 66.5 Å². The molecule has 0 bridgehead atoms. The van der Waals surface area contributed by atoms with E-state index in [1.165, 1.54) is 4.57 Å². The van der Waals surface area contributed by atoms with Gasteiger partial charge in [0.2, 0.25) is 0 Å². The molecule has 68 valence electrons. The van der Waals surface area contributed by atoms with E-state index in [0.717, 1.165) is 12.5 Å². The first-order chi connectivity index (χ1) is 5.54. The number of aliphatic hydroxyl groups is 1. The van der Waals surface area contributed by atoms with Gasteiger partial charge in [-0.25, -0.2) is 4.98 Å². The van der Waals surface area contributed by atoms with Gasteiger partial charge in [-0.05, 0) is 0 Å². The summed E-state index contributed by atoms with van der Waals surface area (Å²) >= 11 is 0. The first-order valence-electron chi connectivity index (χ1n) is 3.24. The summed E-state index contributed by atoms with van der Waals surface area (Å²) in [6, 6.07) is 0. The van der Waals surface area contributed by atoms with Crippen LogP contribution in [0.2, 0.25) is 0 Å². The van der Waals surface area contributed by atoms with Crippen molar-refractivity contribution in [3.05, 3.63) is 18.2 Å². The molecule has 0 radical (unpaired) electrons. The van der Waals surface area contributed by atoms with E-state index in [2.05, 4.69) is 4.98 Å². The van der Waals surface area contributed by atoms with Crippen molar-refractivity contribution >= 4 is 0 Å². The summed E-state index contributed by atoms with van der Waals surface area (Å²) in [5.41, 5.74) is -0.934. The van der Waals surface area contributed by atoms with Gasteiger partial charge in [0.1, 0.15) is 0 Å². The Hall–Kier alpha value is -1.04. The summed E-state index contributed by atoms with van der Waals surface area (Å²) in [5.74, 6) is 0. The fourth-order valence-corrected chi connectivity index (χ4v) is 0.744. The van der Waals surface area contributed by atoms with Gasteiger partial charge in [0.15, 0.2) is 5.69 Å². The number of rotatable bonds is 2. The second-order valence-electron chi connectivity index (χ2n) is 2.22. The molecule has 1 aromatic heterocycles. The number of hydrogen-bond acceptors (Lipinski definition) is 2. The van der Waals surface area contributed by atoms with Crippen LogP contribution >= 0.6 is 0 Å². The molecule has 0 aliphatic heterocycles. The summed E-state index contributed by atoms with van der Waals surface area (Å²) in [6.45, 7) is -0.0727. The highest BCUT2D eigenvalue weighted by Gasteiger charge is 2.33. The van der Waals surface area contributed by atoms with E-state index in [1.54, 1.807) is 0 Å². The molecule has 6 heteroatoms. The number of alkyl halides is 3. The number of hydrogen-bond donors (Lipinski definition) is 1. The predicted octanol–water partition coefficient (Wildman–Crippen LogP) is 0.894. The van der Waals surface area contributed by atoms with Gasteiger partial charge in [-0.1, -0.05) is 0 Å². The van der Waals surface area contributed by atoms with Crippen LogP contribution in [0.5, 0.6) is 0 Å². The van der Waals surface area contributed by atoms with Crippen molar-refractivity contribution in [1.29, 1.82) is 0 Å². The average Bonchev–Trinajstić information content (AvgIpc) is 2.35. The van der Waals surface area contributed by atoms with Crippen LogP contribution in [-0.2, 0) is 12.7 Å². The number of halogens is 3. The molecule has 1 N–H and O–H groups in total. The Kier molecular flexibility index (Phi) is 2.37. The van der Waals surface area contributed by atoms with Crippen molar-refractivity contribution in [3.63, 3.8) is 0 Å². The van der Waals surface area contributed by atoms with Gasteiger partial charge in [0.25, 0.3) is 0 Å². The van der Waals surface area contributed by atoms with E-state index in [1.807, 2.05) is 0 Å². The minimum Gasteiger partial charge on any atom is -0.395 e. The third kappa shape index (κ3) is 1.97. The smallest absolute Gasteiger partial charge is 0.395 e. The van der Waals surface area contributed by atoms with Gasteiger partial charge in [-0.3, -0.25) is 0 Å². The van der Waals surface area contributed by atoms with Crippen LogP contribution in [0.15, 0.2) is 12.5 Å². The van der Waals surface area contributed by atoms with E-state index in [4.69, 9.17) is 5.11 Å². The van der Waals surface area contributed by atoms with E-state index in [0.29, 0.717) is 0 Å². The maximum Gasteiger partial charge on any atom is 0.434 e. The fourth-order valence-electron chi connectivity index (χ4n) is 0.744. The van der Waals surface area contributed by atoms with Gasteiger partial charge in [-0.2, -0.15) is 13.2 Å². The SMILES string of the molecule is OCCn1cnc(C(F)(F)F)c1. The quantitative estimate of drug-likeness (QED) is 0.734. The summed E-state index contributed by atoms with van der Waals surface area (Å²) in [4.78, 5) is 3.13. The van der Waals surface area contributed by atoms with Crippen LogP contribution in [0.4, 0.5) is 13.2 Å². The Morgan fingerprint density at radius 3 is 2.58 bits per heavy atom. The standard InChI is InChI=1S/C6H7F3N2O/c7-6(8,9)5-3-11(1-2-12)4-10-5/h3-4,12H,1-2H2. The molecule has 1 heterocycles. The van der Waals surface area contributed by atoms with Gasteiger partial charge in [0, 0.05) is 12.7 Å². The predicted molar refractivity (Wildman–Crippen MR) is 34.3 cm³/mol. The Morgan fingerprint density at radius 1 is 1.50 bits per heavy atom. The first-order valence-corrected chi connectivity index (χ1v) is 3.24. The third-order valence-corrected chi connectivity index (χ3v) is 1.28. The zero-order valence-corrected chi connectivity index (χ0v) is 6.04. The van der Waals surface area contributed by atoms with Crippen LogP contribution in [0.1, 0.15) is 5.69 Å². The first kappa shape index (κ1) is 9.05. The van der Waals surface area contributed by atoms with Crippen molar-refractivity contribution in [3.8, 4) is 0 Å². The third-order valence-electron chi connectivity index (χ3n) is 1.28. The van der Waals surface area contributed by atoms with Crippen LogP contribution in [0.3, 0.4) is 0 Å². The van der Waals surface area contributed by atoms with Crippen molar-refractivity contribution < 1.29 is 18.3 Å². The second kappa shape index (κ2) is 3.14. The lowest BCUT2D eigenvalue weighted by Gasteiger charge is -2.00. The maximum absolute atomic E-state index is 11.9. The topological polar surface area (TPSA) is 38.0 Å². The van der Waals surface area contributed by atoms with Crippen LogP contribution < -0.4 is 0 Å². The molecule has 0 unspecified atom stereocenters. The lowest BCUT2D eigenvalue weighted by atomic mass is 10.5. The molecular formula is C6H7F3N2O. The molecule has 0 aromatic carbocycles. The average molecular weight is 180 g/mol. The highest BCUT2D eigenvalue weighted by molar-refractivity contribution is 5.01. The van der Waals surface area contributed by atoms with Gasteiger partial charge >= 0.3 is 6.18 Å². The van der Waals surface area contributed by atoms with Crippen molar-refractivity contribution in [2.24, 2.45) is 0 Å². The molecule has 0 saturated carbocycles. The molecule has 0 aliphatic rings. The molecule has 0 saturated heterocycles. The minimum absolute atomic E-state index is 0.128. The zero-order chi connectivity index (χ0) is 9.19. The molecule has 0 aliphatic carbocycles. The largest absolute Gasteiger partial charge is 0.434 e. The molecule has 12 heavy (non-hydrogen) atoms. The Morgan fingerprint density at radius 2 is 2.17 bits per heavy atom. The summed E-state index contributed by atoms with van der Waals surface area (Å²) < 4.78 is 36.9. The normalized spacial score (nSPS) is 12.0. The second-order valence-corrected chi connectivity index (χ2v) is 2.22. The van der Waals surface area contributed by atoms with Crippen molar-refractivity contribution in [1.82, 2.24) is 9.55 Å². The molecule has 0 atom stereocenters. The van der Waals surface area contributed by atoms with Crippen molar-refractivity contribution in [2.45, 2.75) is 12.7 Å². The van der Waals surface area contributed by atoms with Gasteiger partial charge in [-0.15, -0.1) is 0 Å². The monoisotopic (exact) mass is 180 g/mol. The maximum atomic E-state index is 11.9. The molecule has 0 fully saturated rings. The lowest BCUT2D eigenvalue weighted by molar-refractivity contribution is -0.141. The van der Waals surface area contributed by atoms with Gasteiger partial charge < -0.3 is 9.67 Å². The number of nitrogens with zero attached hydrogens (tertiary/aromatic N) is 2. The van der Waals surface area contributed by atoms with Crippen molar-refractivity contribution in [2.75, 3.05) is 6.61 Å². The van der Waals surface area contributed by atoms with E-state index >= 15 is 0 Å². The van der Waals surface area contributed by atoms with E-state index < -0.39 is 11.9 Å². The highest BCUT2D eigenvalue weighted by atomic mass is 19.4. The lowest BCUT2D eigenvalue weighted by Crippen LogP contribution is -2.05. The molecular weight excluding hydrogens is 173 g/mol. The number of imidazole rings is 1. The summed E-state index contributed by atoms with van der Waals surface area (Å²) in [6.07, 6.45) is -2.50. The Bertz CT molecular complexity index is 256. The van der Waals surface area contributed by atoms with Crippen LogP contribution in [-0.4, -0.2) is 21.3 Å². The number of aromatic nitrogens is 2. The van der Waals surface area contributed by atoms with Gasteiger partial charge in [0.05, 0.1) is 12.9 Å². The molecule has 0 amide bonds. The Balaban J connectivity index is 2.77. The fraction of sp³-hybridized carbons (Fsp3) is 0.500. The van der Waals surface area contributed by atoms with Crippen LogP contribution in [0, 0.1) is 0 Å². The van der Waals surface area contributed by atoms with E-state index in [9.17, 15) is 13.2 Å². The highest BCUT2D eigenvalue weighted by Crippen LogP contribution is 2.27. The van der Waals surface area contributed by atoms with E-state index in [-0.39, 0.29) is 13.2 Å². The summed E-state index contributed by atoms with van der Waals surface area (Å²) in [7, 11) is 0. The summed E-state index contributed by atoms with van der Waals surface area (Å²) in [5, 5.41) is 8.40. The molecule has 1 aromatic rings.